The van der Waals surface area contributed by atoms with Crippen molar-refractivity contribution < 1.29 is 17.9 Å². The first-order valence-corrected chi connectivity index (χ1v) is 10.4. The van der Waals surface area contributed by atoms with Crippen molar-refractivity contribution in [2.24, 2.45) is 0 Å². The summed E-state index contributed by atoms with van der Waals surface area (Å²) in [6.07, 6.45) is 0. The summed E-state index contributed by atoms with van der Waals surface area (Å²) < 4.78 is 32.1. The number of nitrogens with zero attached hydrogens (tertiary/aromatic N) is 1. The van der Waals surface area contributed by atoms with Crippen molar-refractivity contribution >= 4 is 27.5 Å². The second-order valence-corrected chi connectivity index (χ2v) is 8.67. The van der Waals surface area contributed by atoms with Crippen LogP contribution in [-0.4, -0.2) is 44.9 Å². The van der Waals surface area contributed by atoms with Gasteiger partial charge in [-0.05, 0) is 30.7 Å². The maximum absolute atomic E-state index is 12.8. The Morgan fingerprint density at radius 2 is 1.93 bits per heavy atom. The average Bonchev–Trinajstić information content (AvgIpc) is 2.67. The summed E-state index contributed by atoms with van der Waals surface area (Å²) in [5, 5.41) is 3.00. The maximum Gasteiger partial charge on any atom is 0.253 e. The van der Waals surface area contributed by atoms with Crippen molar-refractivity contribution in [1.82, 2.24) is 9.62 Å². The molecule has 0 aliphatic carbocycles. The Morgan fingerprint density at radius 3 is 2.63 bits per heavy atom. The lowest BCUT2D eigenvalue weighted by molar-refractivity contribution is 0.0730. The Morgan fingerprint density at radius 1 is 1.19 bits per heavy atom. The van der Waals surface area contributed by atoms with Crippen molar-refractivity contribution in [3.63, 3.8) is 0 Å². The second-order valence-electron chi connectivity index (χ2n) is 6.33. The molecule has 1 fully saturated rings. The van der Waals surface area contributed by atoms with Gasteiger partial charge in [-0.15, -0.1) is 0 Å². The van der Waals surface area contributed by atoms with Crippen LogP contribution in [-0.2, 0) is 21.3 Å². The summed E-state index contributed by atoms with van der Waals surface area (Å²) in [5.74, 6) is -0.416. The number of nitrogens with one attached hydrogen (secondary N) is 1. The van der Waals surface area contributed by atoms with Gasteiger partial charge in [0.25, 0.3) is 5.91 Å². The first-order valence-electron chi connectivity index (χ1n) is 8.59. The molecule has 144 valence electrons. The van der Waals surface area contributed by atoms with E-state index in [1.54, 1.807) is 0 Å². The molecule has 0 atom stereocenters. The molecule has 2 aromatic rings. The number of sulfonamides is 1. The Balaban J connectivity index is 1.79. The Hall–Kier alpha value is -1.93. The van der Waals surface area contributed by atoms with E-state index >= 15 is 0 Å². The van der Waals surface area contributed by atoms with Crippen molar-refractivity contribution in [3.05, 3.63) is 64.2 Å². The van der Waals surface area contributed by atoms with Gasteiger partial charge in [-0.1, -0.05) is 41.4 Å². The molecule has 8 heteroatoms. The maximum atomic E-state index is 12.8. The van der Waals surface area contributed by atoms with Gasteiger partial charge in [0.1, 0.15) is 0 Å². The molecule has 0 saturated carbocycles. The number of morpholine rings is 1. The first kappa shape index (κ1) is 19.8. The van der Waals surface area contributed by atoms with Gasteiger partial charge in [-0.3, -0.25) is 4.79 Å². The highest BCUT2D eigenvalue weighted by atomic mass is 35.5. The number of rotatable bonds is 5. The lowest BCUT2D eigenvalue weighted by Crippen LogP contribution is -2.40. The predicted octanol–water partition coefficient (Wildman–Crippen LogP) is 2.60. The number of amides is 1. The van der Waals surface area contributed by atoms with Crippen LogP contribution in [0, 0.1) is 6.92 Å². The third-order valence-electron chi connectivity index (χ3n) is 4.33. The van der Waals surface area contributed by atoms with Gasteiger partial charge in [0.2, 0.25) is 10.0 Å². The van der Waals surface area contributed by atoms with Crippen LogP contribution < -0.4 is 5.32 Å². The largest absolute Gasteiger partial charge is 0.379 e. The molecule has 2 aromatic carbocycles. The number of aryl methyl sites for hydroxylation is 1. The van der Waals surface area contributed by atoms with Crippen LogP contribution in [0.25, 0.3) is 0 Å². The number of halogens is 1. The van der Waals surface area contributed by atoms with Crippen LogP contribution in [0.15, 0.2) is 47.4 Å². The van der Waals surface area contributed by atoms with E-state index in [2.05, 4.69) is 5.32 Å². The van der Waals surface area contributed by atoms with Gasteiger partial charge in [0.15, 0.2) is 0 Å². The Labute approximate surface area is 164 Å². The smallest absolute Gasteiger partial charge is 0.253 e. The summed E-state index contributed by atoms with van der Waals surface area (Å²) in [4.78, 5) is 12.6. The molecule has 6 nitrogen and oxygen atoms in total. The van der Waals surface area contributed by atoms with E-state index in [9.17, 15) is 13.2 Å². The van der Waals surface area contributed by atoms with Crippen LogP contribution in [0.5, 0.6) is 0 Å². The average molecular weight is 409 g/mol. The normalized spacial score (nSPS) is 15.5. The molecule has 1 aliphatic heterocycles. The molecule has 0 radical (unpaired) electrons. The number of benzene rings is 2. The minimum Gasteiger partial charge on any atom is -0.379 e. The van der Waals surface area contributed by atoms with Crippen LogP contribution in [0.3, 0.4) is 0 Å². The summed E-state index contributed by atoms with van der Waals surface area (Å²) in [5.41, 5.74) is 2.19. The zero-order chi connectivity index (χ0) is 19.4. The topological polar surface area (TPSA) is 75.7 Å². The molecule has 3 rings (SSSR count). The van der Waals surface area contributed by atoms with Crippen molar-refractivity contribution in [3.8, 4) is 0 Å². The number of carbonyl (C=O) groups excluding carboxylic acids is 1. The Bertz CT molecular complexity index is 940. The van der Waals surface area contributed by atoms with Gasteiger partial charge in [-0.2, -0.15) is 4.31 Å². The molecule has 0 aromatic heterocycles. The zero-order valence-corrected chi connectivity index (χ0v) is 16.5. The molecule has 0 unspecified atom stereocenters. The fourth-order valence-electron chi connectivity index (χ4n) is 2.87. The van der Waals surface area contributed by atoms with Gasteiger partial charge in [0, 0.05) is 19.6 Å². The van der Waals surface area contributed by atoms with Crippen molar-refractivity contribution in [1.29, 1.82) is 0 Å². The highest BCUT2D eigenvalue weighted by Crippen LogP contribution is 2.23. The number of hydrogen-bond acceptors (Lipinski definition) is 4. The van der Waals surface area contributed by atoms with Crippen LogP contribution in [0.1, 0.15) is 21.5 Å². The molecule has 0 spiro atoms. The summed E-state index contributed by atoms with van der Waals surface area (Å²) >= 11 is 6.14. The fraction of sp³-hybridized carbons (Fsp3) is 0.316. The molecule has 1 saturated heterocycles. The van der Waals surface area contributed by atoms with Gasteiger partial charge in [0.05, 0.1) is 28.7 Å². The van der Waals surface area contributed by atoms with Crippen molar-refractivity contribution in [2.45, 2.75) is 18.4 Å². The molecule has 1 amide bonds. The highest BCUT2D eigenvalue weighted by Gasteiger charge is 2.27. The minimum absolute atomic E-state index is 0.0505. The van der Waals surface area contributed by atoms with E-state index in [0.717, 1.165) is 11.1 Å². The Kier molecular flexibility index (Phi) is 6.16. The van der Waals surface area contributed by atoms with Crippen LogP contribution >= 0.6 is 11.6 Å². The number of ether oxygens (including phenoxy) is 1. The predicted molar refractivity (Wildman–Crippen MR) is 103 cm³/mol. The van der Waals surface area contributed by atoms with Crippen molar-refractivity contribution in [2.75, 3.05) is 26.3 Å². The van der Waals surface area contributed by atoms with Gasteiger partial charge < -0.3 is 10.1 Å². The molecule has 0 bridgehead atoms. The monoisotopic (exact) mass is 408 g/mol. The quantitative estimate of drug-likeness (QED) is 0.825. The zero-order valence-electron chi connectivity index (χ0n) is 14.9. The van der Waals surface area contributed by atoms with E-state index in [0.29, 0.717) is 32.8 Å². The molecule has 1 heterocycles. The van der Waals surface area contributed by atoms with Gasteiger partial charge >= 0.3 is 0 Å². The van der Waals surface area contributed by atoms with E-state index < -0.39 is 15.9 Å². The third-order valence-corrected chi connectivity index (χ3v) is 6.55. The first-order chi connectivity index (χ1) is 12.9. The number of hydrogen-bond donors (Lipinski definition) is 1. The second kappa shape index (κ2) is 8.39. The van der Waals surface area contributed by atoms with E-state index in [1.165, 1.54) is 22.5 Å². The molecular formula is C19H21ClN2O4S. The van der Waals surface area contributed by atoms with Crippen LogP contribution in [0.4, 0.5) is 0 Å². The summed E-state index contributed by atoms with van der Waals surface area (Å²) in [7, 11) is -3.69. The SMILES string of the molecule is Cc1cccc(CNC(=O)c2cc(S(=O)(=O)N3CCOCC3)ccc2Cl)c1. The van der Waals surface area contributed by atoms with E-state index in [4.69, 9.17) is 16.3 Å². The molecular weight excluding hydrogens is 388 g/mol. The van der Waals surface area contributed by atoms with Crippen LogP contribution in [0.2, 0.25) is 5.02 Å². The summed E-state index contributed by atoms with van der Waals surface area (Å²) in [6.45, 7) is 3.60. The van der Waals surface area contributed by atoms with E-state index in [-0.39, 0.29) is 15.5 Å². The third kappa shape index (κ3) is 4.68. The molecule has 1 N–H and O–H groups in total. The fourth-order valence-corrected chi connectivity index (χ4v) is 4.51. The lowest BCUT2D eigenvalue weighted by atomic mass is 10.1. The summed E-state index contributed by atoms with van der Waals surface area (Å²) in [6, 6.07) is 12.0. The molecule has 27 heavy (non-hydrogen) atoms. The lowest BCUT2D eigenvalue weighted by Gasteiger charge is -2.26. The minimum atomic E-state index is -3.69. The molecule has 1 aliphatic rings. The highest BCUT2D eigenvalue weighted by molar-refractivity contribution is 7.89. The number of carbonyl (C=O) groups is 1. The van der Waals surface area contributed by atoms with E-state index in [1.807, 2.05) is 31.2 Å². The van der Waals surface area contributed by atoms with Gasteiger partial charge in [-0.25, -0.2) is 8.42 Å². The standard InChI is InChI=1S/C19H21ClN2O4S/c1-14-3-2-4-15(11-14)13-21-19(23)17-12-16(5-6-18(17)20)27(24,25)22-7-9-26-10-8-22/h2-6,11-12H,7-10,13H2,1H3,(H,21,23).